The van der Waals surface area contributed by atoms with Gasteiger partial charge in [-0.15, -0.1) is 0 Å². The van der Waals surface area contributed by atoms with E-state index in [2.05, 4.69) is 75.9 Å². The zero-order chi connectivity index (χ0) is 24.0. The summed E-state index contributed by atoms with van der Waals surface area (Å²) in [4.78, 5) is 34.4. The van der Waals surface area contributed by atoms with Crippen LogP contribution >= 0.6 is 0 Å². The highest BCUT2D eigenvalue weighted by Gasteiger charge is 2.29. The van der Waals surface area contributed by atoms with Crippen LogP contribution < -0.4 is 10.2 Å². The number of nitrogens with zero attached hydrogens (tertiary/aromatic N) is 4. The molecule has 5 rings (SSSR count). The van der Waals surface area contributed by atoms with Gasteiger partial charge in [-0.25, -0.2) is 9.97 Å². The van der Waals surface area contributed by atoms with E-state index < -0.39 is 0 Å². The SMILES string of the molecule is CC(=O)Nc1cnc(N2CCn3c(C)cc4c(-c5ccc(C)cc5)c(CC=O)c(C)c2c43)nc1. The Bertz CT molecular complexity index is 1420. The number of hydrogen-bond acceptors (Lipinski definition) is 5. The molecule has 1 aliphatic heterocycles. The summed E-state index contributed by atoms with van der Waals surface area (Å²) in [5.74, 6) is 0.411. The van der Waals surface area contributed by atoms with Crippen molar-refractivity contribution in [2.45, 2.75) is 40.7 Å². The van der Waals surface area contributed by atoms with E-state index in [1.54, 1.807) is 12.4 Å². The summed E-state index contributed by atoms with van der Waals surface area (Å²) in [7, 11) is 0. The predicted octanol–water partition coefficient (Wildman–Crippen LogP) is 4.88. The van der Waals surface area contributed by atoms with Crippen LogP contribution in [-0.4, -0.2) is 33.3 Å². The van der Waals surface area contributed by atoms with Gasteiger partial charge in [-0.2, -0.15) is 0 Å². The van der Waals surface area contributed by atoms with Crippen LogP contribution in [0.1, 0.15) is 29.3 Å². The van der Waals surface area contributed by atoms with Crippen LogP contribution in [0.25, 0.3) is 22.0 Å². The quantitative estimate of drug-likeness (QED) is 0.436. The molecule has 0 spiro atoms. The van der Waals surface area contributed by atoms with E-state index in [4.69, 9.17) is 0 Å². The molecule has 0 bridgehead atoms. The van der Waals surface area contributed by atoms with Crippen molar-refractivity contribution in [2.24, 2.45) is 0 Å². The smallest absolute Gasteiger partial charge is 0.230 e. The number of benzene rings is 2. The van der Waals surface area contributed by atoms with E-state index >= 15 is 0 Å². The Morgan fingerprint density at radius 2 is 1.79 bits per heavy atom. The zero-order valence-corrected chi connectivity index (χ0v) is 19.8. The minimum atomic E-state index is -0.162. The molecule has 0 aliphatic carbocycles. The molecule has 1 amide bonds. The van der Waals surface area contributed by atoms with Crippen LogP contribution in [0.15, 0.2) is 42.7 Å². The number of carbonyl (C=O) groups is 2. The van der Waals surface area contributed by atoms with Gasteiger partial charge in [0.2, 0.25) is 11.9 Å². The monoisotopic (exact) mass is 453 g/mol. The number of anilines is 3. The number of aryl methyl sites for hydroxylation is 2. The average molecular weight is 454 g/mol. The van der Waals surface area contributed by atoms with Gasteiger partial charge in [0.05, 0.1) is 29.3 Å². The van der Waals surface area contributed by atoms with Crippen molar-refractivity contribution in [3.05, 3.63) is 65.1 Å². The van der Waals surface area contributed by atoms with Crippen molar-refractivity contribution in [1.29, 1.82) is 0 Å². The van der Waals surface area contributed by atoms with E-state index in [-0.39, 0.29) is 5.91 Å². The molecule has 7 nitrogen and oxygen atoms in total. The molecule has 0 saturated heterocycles. The lowest BCUT2D eigenvalue weighted by molar-refractivity contribution is -0.114. The third-order valence-electron chi connectivity index (χ3n) is 6.55. The van der Waals surface area contributed by atoms with Crippen LogP contribution in [-0.2, 0) is 22.6 Å². The first-order chi connectivity index (χ1) is 16.4. The van der Waals surface area contributed by atoms with Gasteiger partial charge in [0.25, 0.3) is 0 Å². The van der Waals surface area contributed by atoms with Crippen LogP contribution in [0, 0.1) is 20.8 Å². The Morgan fingerprint density at radius 3 is 2.44 bits per heavy atom. The molecule has 1 aliphatic rings. The maximum atomic E-state index is 11.8. The first-order valence-electron chi connectivity index (χ1n) is 11.4. The number of amides is 1. The fourth-order valence-corrected chi connectivity index (χ4v) is 5.04. The molecular weight excluding hydrogens is 426 g/mol. The molecule has 7 heteroatoms. The molecule has 0 unspecified atom stereocenters. The van der Waals surface area contributed by atoms with Gasteiger partial charge in [-0.1, -0.05) is 29.8 Å². The fourth-order valence-electron chi connectivity index (χ4n) is 5.04. The molecule has 0 radical (unpaired) electrons. The van der Waals surface area contributed by atoms with E-state index in [1.807, 2.05) is 0 Å². The molecule has 4 aromatic rings. The molecule has 0 atom stereocenters. The van der Waals surface area contributed by atoms with Crippen LogP contribution in [0.2, 0.25) is 0 Å². The van der Waals surface area contributed by atoms with Gasteiger partial charge >= 0.3 is 0 Å². The molecule has 3 heterocycles. The van der Waals surface area contributed by atoms with Crippen molar-refractivity contribution in [1.82, 2.24) is 14.5 Å². The van der Waals surface area contributed by atoms with Gasteiger partial charge in [0.1, 0.15) is 6.29 Å². The molecule has 0 fully saturated rings. The number of hydrogen-bond donors (Lipinski definition) is 1. The van der Waals surface area contributed by atoms with Crippen molar-refractivity contribution in [2.75, 3.05) is 16.8 Å². The van der Waals surface area contributed by atoms with Gasteiger partial charge in [-0.3, -0.25) is 4.79 Å². The molecule has 172 valence electrons. The second kappa shape index (κ2) is 8.41. The van der Waals surface area contributed by atoms with Crippen LogP contribution in [0.4, 0.5) is 17.3 Å². The maximum Gasteiger partial charge on any atom is 0.230 e. The normalized spacial score (nSPS) is 12.8. The highest BCUT2D eigenvalue weighted by Crippen LogP contribution is 2.46. The Labute approximate surface area is 198 Å². The van der Waals surface area contributed by atoms with E-state index in [9.17, 15) is 9.59 Å². The largest absolute Gasteiger partial charge is 0.341 e. The predicted molar refractivity (Wildman–Crippen MR) is 135 cm³/mol. The van der Waals surface area contributed by atoms with Crippen LogP contribution in [0.3, 0.4) is 0 Å². The molecule has 34 heavy (non-hydrogen) atoms. The van der Waals surface area contributed by atoms with Crippen molar-refractivity contribution in [3.8, 4) is 11.1 Å². The fraction of sp³-hybridized carbons (Fsp3) is 0.259. The second-order valence-corrected chi connectivity index (χ2v) is 8.87. The van der Waals surface area contributed by atoms with Gasteiger partial charge in [0.15, 0.2) is 0 Å². The number of aromatic nitrogens is 3. The maximum absolute atomic E-state index is 11.8. The number of rotatable bonds is 5. The molecule has 1 N–H and O–H groups in total. The van der Waals surface area contributed by atoms with Crippen molar-refractivity contribution in [3.63, 3.8) is 0 Å². The van der Waals surface area contributed by atoms with E-state index in [0.717, 1.165) is 51.7 Å². The summed E-state index contributed by atoms with van der Waals surface area (Å²) >= 11 is 0. The lowest BCUT2D eigenvalue weighted by Gasteiger charge is -2.33. The van der Waals surface area contributed by atoms with Gasteiger partial charge < -0.3 is 19.6 Å². The Hall–Kier alpha value is -4.00. The second-order valence-electron chi connectivity index (χ2n) is 8.87. The van der Waals surface area contributed by atoms with E-state index in [0.29, 0.717) is 24.6 Å². The molecule has 0 saturated carbocycles. The van der Waals surface area contributed by atoms with Crippen molar-refractivity contribution >= 4 is 40.4 Å². The minimum absolute atomic E-state index is 0.162. The summed E-state index contributed by atoms with van der Waals surface area (Å²) in [5.41, 5.74) is 9.45. The zero-order valence-electron chi connectivity index (χ0n) is 19.8. The van der Waals surface area contributed by atoms with Gasteiger partial charge in [-0.05, 0) is 49.1 Å². The third kappa shape index (κ3) is 3.53. The molecule has 2 aromatic carbocycles. The topological polar surface area (TPSA) is 80.1 Å². The summed E-state index contributed by atoms with van der Waals surface area (Å²) in [6, 6.07) is 10.7. The Morgan fingerprint density at radius 1 is 1.09 bits per heavy atom. The van der Waals surface area contributed by atoms with Crippen LogP contribution in [0.5, 0.6) is 0 Å². The minimum Gasteiger partial charge on any atom is -0.341 e. The Kier molecular flexibility index (Phi) is 5.40. The summed E-state index contributed by atoms with van der Waals surface area (Å²) in [5, 5.41) is 3.85. The molecular formula is C27H27N5O2. The highest BCUT2D eigenvalue weighted by atomic mass is 16.1. The lowest BCUT2D eigenvalue weighted by Crippen LogP contribution is -2.30. The van der Waals surface area contributed by atoms with Crippen molar-refractivity contribution < 1.29 is 9.59 Å². The summed E-state index contributed by atoms with van der Waals surface area (Å²) in [6.07, 6.45) is 4.57. The average Bonchev–Trinajstić information content (AvgIpc) is 3.15. The first-order valence-corrected chi connectivity index (χ1v) is 11.4. The van der Waals surface area contributed by atoms with E-state index in [1.165, 1.54) is 18.2 Å². The summed E-state index contributed by atoms with van der Waals surface area (Å²) in [6.45, 7) is 9.27. The number of carbonyl (C=O) groups excluding carboxylic acids is 2. The molecule has 2 aromatic heterocycles. The number of nitrogens with one attached hydrogen (secondary N) is 1. The van der Waals surface area contributed by atoms with Gasteiger partial charge in [0, 0.05) is 37.5 Å². The Balaban J connectivity index is 1.75. The summed E-state index contributed by atoms with van der Waals surface area (Å²) < 4.78 is 2.35. The first kappa shape index (κ1) is 21.8. The number of aldehydes is 1. The lowest BCUT2D eigenvalue weighted by atomic mass is 9.88. The third-order valence-corrected chi connectivity index (χ3v) is 6.55. The highest BCUT2D eigenvalue weighted by molar-refractivity contribution is 6.07. The standard InChI is InChI=1S/C27H27N5O2/c1-16-5-7-20(8-6-16)24-22(9-12-33)18(3)25-26-23(24)13-17(2)31(26)10-11-32(25)27-28-14-21(15-29-27)30-19(4)34/h5-8,12-15H,9-11H2,1-4H3,(H,30,34).